The molecule has 0 saturated carbocycles. The maximum atomic E-state index is 13.1. The molecule has 0 aliphatic rings. The van der Waals surface area contributed by atoms with Gasteiger partial charge < -0.3 is 9.73 Å². The Bertz CT molecular complexity index is 1250. The minimum Gasteiger partial charge on any atom is -0.461 e. The number of nitrogens with one attached hydrogen (secondary N) is 1. The summed E-state index contributed by atoms with van der Waals surface area (Å²) >= 11 is 11.8. The van der Waals surface area contributed by atoms with Crippen LogP contribution in [0.3, 0.4) is 0 Å². The second-order valence-electron chi connectivity index (χ2n) is 6.36. The summed E-state index contributed by atoms with van der Waals surface area (Å²) in [7, 11) is 0. The third kappa shape index (κ3) is 4.42. The molecule has 2 heterocycles. The molecule has 31 heavy (non-hydrogen) atoms. The molecular weight excluding hydrogens is 445 g/mol. The highest BCUT2D eigenvalue weighted by Crippen LogP contribution is 2.26. The van der Waals surface area contributed by atoms with Crippen molar-refractivity contribution in [2.24, 2.45) is 0 Å². The molecule has 0 aliphatic heterocycles. The van der Waals surface area contributed by atoms with E-state index in [0.717, 1.165) is 16.3 Å². The van der Waals surface area contributed by atoms with E-state index in [1.54, 1.807) is 24.3 Å². The standard InChI is InChI=1S/C20H13Cl2N5O4/c21-14-6-3-12(4-7-14)11-23-20-24-18(17-2-1-9-31-17)25-26(20)19(28)13-5-8-15(22)16(10-13)27(29)30/h1-10H,11H2,(H,23,24,25). The van der Waals surface area contributed by atoms with Gasteiger partial charge in [0, 0.05) is 23.2 Å². The van der Waals surface area contributed by atoms with Crippen molar-refractivity contribution in [3.05, 3.63) is 92.1 Å². The molecule has 0 saturated heterocycles. The molecule has 0 atom stereocenters. The van der Waals surface area contributed by atoms with Crippen molar-refractivity contribution in [1.82, 2.24) is 14.8 Å². The van der Waals surface area contributed by atoms with E-state index in [0.29, 0.717) is 17.3 Å². The van der Waals surface area contributed by atoms with Gasteiger partial charge in [0.15, 0.2) is 5.76 Å². The molecule has 0 bridgehead atoms. The maximum absolute atomic E-state index is 13.1. The van der Waals surface area contributed by atoms with E-state index in [4.69, 9.17) is 27.6 Å². The first-order valence-electron chi connectivity index (χ1n) is 8.90. The van der Waals surface area contributed by atoms with Crippen molar-refractivity contribution in [2.45, 2.75) is 6.54 Å². The van der Waals surface area contributed by atoms with Crippen LogP contribution in [0.25, 0.3) is 11.6 Å². The molecule has 11 heteroatoms. The lowest BCUT2D eigenvalue weighted by Gasteiger charge is -2.08. The normalized spacial score (nSPS) is 10.8. The molecule has 156 valence electrons. The Kier molecular flexibility index (Phi) is 5.70. The van der Waals surface area contributed by atoms with E-state index in [1.807, 2.05) is 12.1 Å². The average molecular weight is 458 g/mol. The van der Waals surface area contributed by atoms with E-state index >= 15 is 0 Å². The number of rotatable bonds is 6. The van der Waals surface area contributed by atoms with Gasteiger partial charge in [-0.05, 0) is 42.0 Å². The first-order chi connectivity index (χ1) is 14.9. The second kappa shape index (κ2) is 8.58. The molecule has 9 nitrogen and oxygen atoms in total. The summed E-state index contributed by atoms with van der Waals surface area (Å²) in [5.74, 6) is 0.0660. The Morgan fingerprint density at radius 1 is 1.16 bits per heavy atom. The summed E-state index contributed by atoms with van der Waals surface area (Å²) in [6.07, 6.45) is 1.46. The molecule has 4 aromatic rings. The number of hydrogen-bond acceptors (Lipinski definition) is 7. The molecule has 0 fully saturated rings. The van der Waals surface area contributed by atoms with Crippen molar-refractivity contribution in [3.63, 3.8) is 0 Å². The summed E-state index contributed by atoms with van der Waals surface area (Å²) < 4.78 is 6.35. The number of carbonyl (C=O) groups is 1. The van der Waals surface area contributed by atoms with Gasteiger partial charge in [-0.3, -0.25) is 14.9 Å². The van der Waals surface area contributed by atoms with E-state index in [1.165, 1.54) is 18.4 Å². The van der Waals surface area contributed by atoms with Gasteiger partial charge in [-0.2, -0.15) is 9.67 Å². The average Bonchev–Trinajstić information content (AvgIpc) is 3.43. The largest absolute Gasteiger partial charge is 0.461 e. The predicted molar refractivity (Wildman–Crippen MR) is 114 cm³/mol. The number of anilines is 1. The Hall–Kier alpha value is -3.69. The maximum Gasteiger partial charge on any atom is 0.288 e. The van der Waals surface area contributed by atoms with Crippen molar-refractivity contribution >= 4 is 40.7 Å². The van der Waals surface area contributed by atoms with Gasteiger partial charge in [0.05, 0.1) is 11.2 Å². The molecule has 0 aliphatic carbocycles. The zero-order valence-electron chi connectivity index (χ0n) is 15.7. The summed E-state index contributed by atoms with van der Waals surface area (Å²) in [5.41, 5.74) is 0.546. The van der Waals surface area contributed by atoms with Gasteiger partial charge in [-0.15, -0.1) is 5.10 Å². The molecule has 0 amide bonds. The second-order valence-corrected chi connectivity index (χ2v) is 7.20. The lowest BCUT2D eigenvalue weighted by Crippen LogP contribution is -2.17. The Morgan fingerprint density at radius 2 is 1.94 bits per heavy atom. The van der Waals surface area contributed by atoms with Crippen LogP contribution in [0.15, 0.2) is 65.3 Å². The van der Waals surface area contributed by atoms with Crippen LogP contribution in [0.5, 0.6) is 0 Å². The third-order valence-corrected chi connectivity index (χ3v) is 4.87. The Balaban J connectivity index is 1.69. The summed E-state index contributed by atoms with van der Waals surface area (Å²) in [6.45, 7) is 0.335. The van der Waals surface area contributed by atoms with Crippen molar-refractivity contribution in [2.75, 3.05) is 5.32 Å². The summed E-state index contributed by atoms with van der Waals surface area (Å²) in [4.78, 5) is 28.0. The highest BCUT2D eigenvalue weighted by molar-refractivity contribution is 6.32. The monoisotopic (exact) mass is 457 g/mol. The van der Waals surface area contributed by atoms with Gasteiger partial charge in [0.25, 0.3) is 11.6 Å². The minimum atomic E-state index is -0.658. The van der Waals surface area contributed by atoms with E-state index < -0.39 is 10.8 Å². The molecule has 0 spiro atoms. The molecule has 1 N–H and O–H groups in total. The summed E-state index contributed by atoms with van der Waals surface area (Å²) in [5, 5.41) is 19.0. The van der Waals surface area contributed by atoms with Crippen LogP contribution >= 0.6 is 23.2 Å². The lowest BCUT2D eigenvalue weighted by atomic mass is 10.2. The SMILES string of the molecule is O=C(c1ccc(Cl)c([N+](=O)[O-])c1)n1nc(-c2ccco2)nc1NCc1ccc(Cl)cc1. The first-order valence-corrected chi connectivity index (χ1v) is 9.66. The number of halogens is 2. The zero-order valence-corrected chi connectivity index (χ0v) is 17.2. The molecule has 0 radical (unpaired) electrons. The fourth-order valence-corrected chi connectivity index (χ4v) is 3.08. The van der Waals surface area contributed by atoms with Crippen LogP contribution in [0.4, 0.5) is 11.6 Å². The van der Waals surface area contributed by atoms with Crippen molar-refractivity contribution < 1.29 is 14.1 Å². The van der Waals surface area contributed by atoms with Crippen LogP contribution in [0, 0.1) is 10.1 Å². The molecule has 0 unspecified atom stereocenters. The Labute approximate surface area is 185 Å². The third-order valence-electron chi connectivity index (χ3n) is 4.29. The first kappa shape index (κ1) is 20.6. The van der Waals surface area contributed by atoms with Gasteiger partial charge in [-0.1, -0.05) is 35.3 Å². The van der Waals surface area contributed by atoms with Crippen LogP contribution in [0.1, 0.15) is 15.9 Å². The molecular formula is C20H13Cl2N5O4. The number of carbonyl (C=O) groups excluding carboxylic acids is 1. The zero-order chi connectivity index (χ0) is 22.0. The van der Waals surface area contributed by atoms with Crippen LogP contribution in [-0.4, -0.2) is 25.6 Å². The number of furan rings is 1. The van der Waals surface area contributed by atoms with Gasteiger partial charge >= 0.3 is 0 Å². The van der Waals surface area contributed by atoms with Crippen LogP contribution in [0.2, 0.25) is 10.0 Å². The predicted octanol–water partition coefficient (Wildman–Crippen LogP) is 5.05. The number of benzene rings is 2. The quantitative estimate of drug-likeness (QED) is 0.317. The number of aromatic nitrogens is 3. The Morgan fingerprint density at radius 3 is 2.61 bits per heavy atom. The smallest absolute Gasteiger partial charge is 0.288 e. The molecule has 4 rings (SSSR count). The van der Waals surface area contributed by atoms with Crippen molar-refractivity contribution in [1.29, 1.82) is 0 Å². The molecule has 2 aromatic carbocycles. The topological polar surface area (TPSA) is 116 Å². The van der Waals surface area contributed by atoms with Crippen LogP contribution < -0.4 is 5.32 Å². The van der Waals surface area contributed by atoms with Gasteiger partial charge in [0.1, 0.15) is 5.02 Å². The number of nitro benzene ring substituents is 1. The molecule has 2 aromatic heterocycles. The van der Waals surface area contributed by atoms with E-state index in [2.05, 4.69) is 15.4 Å². The van der Waals surface area contributed by atoms with Crippen molar-refractivity contribution in [3.8, 4) is 11.6 Å². The van der Waals surface area contributed by atoms with Gasteiger partial charge in [-0.25, -0.2) is 0 Å². The highest BCUT2D eigenvalue weighted by atomic mass is 35.5. The minimum absolute atomic E-state index is 0.0292. The number of nitro groups is 1. The van der Waals surface area contributed by atoms with E-state index in [-0.39, 0.29) is 28.0 Å². The van der Waals surface area contributed by atoms with Gasteiger partial charge in [0.2, 0.25) is 11.8 Å². The fourth-order valence-electron chi connectivity index (χ4n) is 2.77. The number of nitrogens with zero attached hydrogens (tertiary/aromatic N) is 4. The fraction of sp³-hybridized carbons (Fsp3) is 0.0500. The van der Waals surface area contributed by atoms with E-state index in [9.17, 15) is 14.9 Å². The summed E-state index contributed by atoms with van der Waals surface area (Å²) in [6, 6.07) is 14.2. The highest BCUT2D eigenvalue weighted by Gasteiger charge is 2.22. The van der Waals surface area contributed by atoms with Crippen LogP contribution in [-0.2, 0) is 6.54 Å². The lowest BCUT2D eigenvalue weighted by molar-refractivity contribution is -0.384. The number of hydrogen-bond donors (Lipinski definition) is 1.